The van der Waals surface area contributed by atoms with Crippen LogP contribution in [-0.4, -0.2) is 29.8 Å². The molecule has 0 radical (unpaired) electrons. The van der Waals surface area contributed by atoms with Gasteiger partial charge < -0.3 is 10.2 Å². The molecule has 1 atom stereocenters. The lowest BCUT2D eigenvalue weighted by atomic mass is 9.80. The van der Waals surface area contributed by atoms with Crippen LogP contribution in [0.4, 0.5) is 5.69 Å². The summed E-state index contributed by atoms with van der Waals surface area (Å²) in [6.45, 7) is 8.10. The Morgan fingerprint density at radius 1 is 1.04 bits per heavy atom. The molecule has 4 heteroatoms. The van der Waals surface area contributed by atoms with Crippen molar-refractivity contribution in [3.63, 3.8) is 0 Å². The minimum atomic E-state index is 0.0271. The maximum atomic E-state index is 12.8. The van der Waals surface area contributed by atoms with Gasteiger partial charge in [0.1, 0.15) is 0 Å². The predicted octanol–water partition coefficient (Wildman–Crippen LogP) is 4.31. The second kappa shape index (κ2) is 8.24. The van der Waals surface area contributed by atoms with Gasteiger partial charge in [-0.05, 0) is 75.5 Å². The standard InChI is InChI=1S/C22H32N2O2/c1-15-6-7-17(3)20(13-15)23-21(25)18-8-10-19(11-9-18)22(26)24-12-4-5-16(2)14-24/h6-7,13,16,18-19H,4-5,8-12,14H2,1-3H3,(H,23,25). The molecule has 1 saturated carbocycles. The first-order valence-electron chi connectivity index (χ1n) is 10.1. The number of aryl methyl sites for hydroxylation is 2. The van der Waals surface area contributed by atoms with Gasteiger partial charge in [-0.25, -0.2) is 0 Å². The summed E-state index contributed by atoms with van der Waals surface area (Å²) in [5.74, 6) is 1.19. The first-order valence-corrected chi connectivity index (χ1v) is 10.1. The summed E-state index contributed by atoms with van der Waals surface area (Å²) in [6, 6.07) is 6.13. The molecule has 0 bridgehead atoms. The number of likely N-dealkylation sites (tertiary alicyclic amines) is 1. The zero-order chi connectivity index (χ0) is 18.7. The smallest absolute Gasteiger partial charge is 0.227 e. The number of carbonyl (C=O) groups is 2. The fraction of sp³-hybridized carbons (Fsp3) is 0.636. The third-order valence-electron chi connectivity index (χ3n) is 6.07. The number of rotatable bonds is 3. The van der Waals surface area contributed by atoms with Gasteiger partial charge in [-0.1, -0.05) is 19.1 Å². The molecule has 0 aromatic heterocycles. The van der Waals surface area contributed by atoms with Crippen molar-refractivity contribution in [3.05, 3.63) is 29.3 Å². The molecular weight excluding hydrogens is 324 g/mol. The van der Waals surface area contributed by atoms with Crippen molar-refractivity contribution >= 4 is 17.5 Å². The monoisotopic (exact) mass is 356 g/mol. The minimum absolute atomic E-state index is 0.0271. The van der Waals surface area contributed by atoms with E-state index in [2.05, 4.69) is 23.2 Å². The molecule has 2 amide bonds. The van der Waals surface area contributed by atoms with E-state index < -0.39 is 0 Å². The molecular formula is C22H32N2O2. The molecule has 2 aliphatic rings. The predicted molar refractivity (Wildman–Crippen MR) is 105 cm³/mol. The third-order valence-corrected chi connectivity index (χ3v) is 6.07. The van der Waals surface area contributed by atoms with E-state index in [1.54, 1.807) is 0 Å². The van der Waals surface area contributed by atoms with E-state index >= 15 is 0 Å². The zero-order valence-corrected chi connectivity index (χ0v) is 16.4. The number of hydrogen-bond donors (Lipinski definition) is 1. The Morgan fingerprint density at radius 3 is 2.42 bits per heavy atom. The normalized spacial score (nSPS) is 26.4. The number of benzene rings is 1. The molecule has 0 spiro atoms. The molecule has 4 nitrogen and oxygen atoms in total. The van der Waals surface area contributed by atoms with Crippen LogP contribution in [0.3, 0.4) is 0 Å². The first-order chi connectivity index (χ1) is 12.4. The fourth-order valence-corrected chi connectivity index (χ4v) is 4.36. The Kier molecular flexibility index (Phi) is 6.00. The Hall–Kier alpha value is -1.84. The summed E-state index contributed by atoms with van der Waals surface area (Å²) >= 11 is 0. The largest absolute Gasteiger partial charge is 0.342 e. The van der Waals surface area contributed by atoms with Gasteiger partial charge in [0.05, 0.1) is 0 Å². The molecule has 1 unspecified atom stereocenters. The number of nitrogens with one attached hydrogen (secondary N) is 1. The zero-order valence-electron chi connectivity index (χ0n) is 16.4. The Morgan fingerprint density at radius 2 is 1.73 bits per heavy atom. The highest BCUT2D eigenvalue weighted by atomic mass is 16.2. The van der Waals surface area contributed by atoms with E-state index in [-0.39, 0.29) is 17.7 Å². The van der Waals surface area contributed by atoms with Gasteiger partial charge >= 0.3 is 0 Å². The van der Waals surface area contributed by atoms with Gasteiger partial charge in [-0.15, -0.1) is 0 Å². The van der Waals surface area contributed by atoms with Crippen molar-refractivity contribution in [2.75, 3.05) is 18.4 Å². The first kappa shape index (κ1) is 18.9. The molecule has 3 rings (SSSR count). The van der Waals surface area contributed by atoms with Crippen LogP contribution in [0.15, 0.2) is 18.2 Å². The SMILES string of the molecule is Cc1ccc(C)c(NC(=O)C2CCC(C(=O)N3CCCC(C)C3)CC2)c1. The Balaban J connectivity index is 1.52. The minimum Gasteiger partial charge on any atom is -0.342 e. The lowest BCUT2D eigenvalue weighted by Crippen LogP contribution is -2.43. The molecule has 1 saturated heterocycles. The van der Waals surface area contributed by atoms with Crippen LogP contribution in [0.2, 0.25) is 0 Å². The van der Waals surface area contributed by atoms with Crippen LogP contribution in [-0.2, 0) is 9.59 Å². The van der Waals surface area contributed by atoms with Crippen molar-refractivity contribution in [2.45, 2.75) is 59.3 Å². The lowest BCUT2D eigenvalue weighted by Gasteiger charge is -2.35. The highest BCUT2D eigenvalue weighted by molar-refractivity contribution is 5.93. The number of anilines is 1. The number of nitrogens with zero attached hydrogens (tertiary/aromatic N) is 1. The number of hydrogen-bond acceptors (Lipinski definition) is 2. The highest BCUT2D eigenvalue weighted by Crippen LogP contribution is 2.32. The molecule has 1 aromatic rings. The van der Waals surface area contributed by atoms with Crippen LogP contribution in [0, 0.1) is 31.6 Å². The van der Waals surface area contributed by atoms with Crippen molar-refractivity contribution in [1.82, 2.24) is 4.90 Å². The second-order valence-corrected chi connectivity index (χ2v) is 8.39. The van der Waals surface area contributed by atoms with Crippen molar-refractivity contribution < 1.29 is 9.59 Å². The van der Waals surface area contributed by atoms with Crippen LogP contribution >= 0.6 is 0 Å². The Labute approximate surface area is 157 Å². The average molecular weight is 357 g/mol. The molecule has 2 fully saturated rings. The van der Waals surface area contributed by atoms with Gasteiger partial charge in [-0.2, -0.15) is 0 Å². The number of piperidine rings is 1. The van der Waals surface area contributed by atoms with E-state index in [1.807, 2.05) is 26.0 Å². The van der Waals surface area contributed by atoms with Gasteiger partial charge in [0, 0.05) is 30.6 Å². The maximum absolute atomic E-state index is 12.8. The van der Waals surface area contributed by atoms with Crippen molar-refractivity contribution in [2.24, 2.45) is 17.8 Å². The number of carbonyl (C=O) groups excluding carboxylic acids is 2. The molecule has 1 N–H and O–H groups in total. The molecule has 1 heterocycles. The highest BCUT2D eigenvalue weighted by Gasteiger charge is 2.33. The molecule has 1 aliphatic carbocycles. The topological polar surface area (TPSA) is 49.4 Å². The summed E-state index contributed by atoms with van der Waals surface area (Å²) < 4.78 is 0. The van der Waals surface area contributed by atoms with Crippen molar-refractivity contribution in [1.29, 1.82) is 0 Å². The third kappa shape index (κ3) is 4.46. The van der Waals surface area contributed by atoms with E-state index in [9.17, 15) is 9.59 Å². The summed E-state index contributed by atoms with van der Waals surface area (Å²) in [5.41, 5.74) is 3.15. The molecule has 26 heavy (non-hydrogen) atoms. The van der Waals surface area contributed by atoms with Gasteiger partial charge in [0.2, 0.25) is 11.8 Å². The molecule has 1 aliphatic heterocycles. The summed E-state index contributed by atoms with van der Waals surface area (Å²) in [6.07, 6.45) is 5.67. The number of amides is 2. The van der Waals surface area contributed by atoms with E-state index in [0.717, 1.165) is 62.0 Å². The van der Waals surface area contributed by atoms with Crippen LogP contribution in [0.25, 0.3) is 0 Å². The van der Waals surface area contributed by atoms with E-state index in [0.29, 0.717) is 11.8 Å². The Bertz CT molecular complexity index is 662. The lowest BCUT2D eigenvalue weighted by molar-refractivity contribution is -0.139. The van der Waals surface area contributed by atoms with Gasteiger partial charge in [0.25, 0.3) is 0 Å². The summed E-state index contributed by atoms with van der Waals surface area (Å²) in [4.78, 5) is 27.5. The average Bonchev–Trinajstić information content (AvgIpc) is 2.64. The quantitative estimate of drug-likeness (QED) is 0.877. The van der Waals surface area contributed by atoms with Crippen LogP contribution < -0.4 is 5.32 Å². The summed E-state index contributed by atoms with van der Waals surface area (Å²) in [5, 5.41) is 3.10. The second-order valence-electron chi connectivity index (χ2n) is 8.39. The van der Waals surface area contributed by atoms with E-state index in [4.69, 9.17) is 0 Å². The summed E-state index contributed by atoms with van der Waals surface area (Å²) in [7, 11) is 0. The molecule has 142 valence electrons. The molecule has 1 aromatic carbocycles. The fourth-order valence-electron chi connectivity index (χ4n) is 4.36. The van der Waals surface area contributed by atoms with E-state index in [1.165, 1.54) is 6.42 Å². The van der Waals surface area contributed by atoms with Crippen LogP contribution in [0.1, 0.15) is 56.6 Å². The van der Waals surface area contributed by atoms with Gasteiger partial charge in [-0.3, -0.25) is 9.59 Å². The van der Waals surface area contributed by atoms with Crippen molar-refractivity contribution in [3.8, 4) is 0 Å². The maximum Gasteiger partial charge on any atom is 0.227 e. The van der Waals surface area contributed by atoms with Crippen LogP contribution in [0.5, 0.6) is 0 Å². The van der Waals surface area contributed by atoms with Gasteiger partial charge in [0.15, 0.2) is 0 Å².